The molecule has 2 aromatic carbocycles. The summed E-state index contributed by atoms with van der Waals surface area (Å²) in [6.45, 7) is 2.66. The lowest BCUT2D eigenvalue weighted by Crippen LogP contribution is -2.18. The highest BCUT2D eigenvalue weighted by molar-refractivity contribution is 5.98. The summed E-state index contributed by atoms with van der Waals surface area (Å²) in [7, 11) is 0. The van der Waals surface area contributed by atoms with E-state index in [1.54, 1.807) is 30.5 Å². The number of fused-ring (bicyclic) bond motifs is 2. The zero-order valence-electron chi connectivity index (χ0n) is 17.3. The van der Waals surface area contributed by atoms with Crippen LogP contribution in [0.2, 0.25) is 0 Å². The first kappa shape index (κ1) is 21.0. The molecular weight excluding hydrogens is 435 g/mol. The molecule has 0 saturated heterocycles. The lowest BCUT2D eigenvalue weighted by Gasteiger charge is -2.12. The molecule has 4 aromatic rings. The molecule has 0 saturated carbocycles. The molecule has 0 bridgehead atoms. The van der Waals surface area contributed by atoms with Gasteiger partial charge in [0.2, 0.25) is 5.88 Å². The lowest BCUT2D eigenvalue weighted by molar-refractivity contribution is -0.137. The number of nitrogens with zero attached hydrogens (tertiary/aromatic N) is 3. The van der Waals surface area contributed by atoms with Crippen molar-refractivity contribution in [1.82, 2.24) is 19.9 Å². The van der Waals surface area contributed by atoms with E-state index in [2.05, 4.69) is 20.6 Å². The minimum Gasteiger partial charge on any atom is -0.439 e. The van der Waals surface area contributed by atoms with E-state index in [0.29, 0.717) is 23.7 Å². The van der Waals surface area contributed by atoms with Crippen LogP contribution in [0.25, 0.3) is 10.9 Å². The number of nitrogens with one attached hydrogen (secondary N) is 2. The van der Waals surface area contributed by atoms with Gasteiger partial charge in [-0.05, 0) is 49.4 Å². The van der Waals surface area contributed by atoms with Gasteiger partial charge in [0.15, 0.2) is 0 Å². The van der Waals surface area contributed by atoms with Crippen LogP contribution in [0.3, 0.4) is 0 Å². The fourth-order valence-electron chi connectivity index (χ4n) is 3.85. The Hall–Kier alpha value is -3.92. The zero-order chi connectivity index (χ0) is 23.2. The summed E-state index contributed by atoms with van der Waals surface area (Å²) in [5, 5.41) is 6.53. The van der Waals surface area contributed by atoms with Crippen LogP contribution in [0.5, 0.6) is 11.6 Å². The highest BCUT2D eigenvalue weighted by Crippen LogP contribution is 2.34. The Bertz CT molecular complexity index is 1370. The van der Waals surface area contributed by atoms with E-state index >= 15 is 0 Å². The summed E-state index contributed by atoms with van der Waals surface area (Å²) in [6.07, 6.45) is -1.48. The maximum Gasteiger partial charge on any atom is 0.416 e. The first-order valence-electron chi connectivity index (χ1n) is 10.1. The van der Waals surface area contributed by atoms with Crippen molar-refractivity contribution in [3.8, 4) is 11.6 Å². The normalized spacial score (nSPS) is 15.5. The second kappa shape index (κ2) is 7.89. The van der Waals surface area contributed by atoms with Crippen LogP contribution < -0.4 is 15.4 Å². The van der Waals surface area contributed by atoms with Crippen molar-refractivity contribution >= 4 is 22.6 Å². The molecule has 2 N–H and O–H groups in total. The third-order valence-electron chi connectivity index (χ3n) is 5.47. The monoisotopic (exact) mass is 453 g/mol. The summed E-state index contributed by atoms with van der Waals surface area (Å²) < 4.78 is 46.1. The molecule has 0 fully saturated rings. The Kier molecular flexibility index (Phi) is 5.01. The van der Waals surface area contributed by atoms with E-state index in [1.807, 2.05) is 6.92 Å². The topological polar surface area (TPSA) is 81.1 Å². The minimum atomic E-state index is -4.49. The number of hydrogen-bond acceptors (Lipinski definition) is 5. The summed E-state index contributed by atoms with van der Waals surface area (Å²) in [5.41, 5.74) is 1.61. The quantitative estimate of drug-likeness (QED) is 0.429. The molecule has 5 rings (SSSR count). The van der Waals surface area contributed by atoms with Gasteiger partial charge in [-0.25, -0.2) is 14.8 Å². The molecule has 0 unspecified atom stereocenters. The van der Waals surface area contributed by atoms with Crippen molar-refractivity contribution < 1.29 is 22.7 Å². The van der Waals surface area contributed by atoms with Gasteiger partial charge in [-0.2, -0.15) is 13.2 Å². The summed E-state index contributed by atoms with van der Waals surface area (Å²) >= 11 is 0. The molecule has 0 aliphatic carbocycles. The van der Waals surface area contributed by atoms with Gasteiger partial charge in [0.1, 0.15) is 12.1 Å². The van der Waals surface area contributed by atoms with Crippen molar-refractivity contribution in [3.05, 3.63) is 77.9 Å². The van der Waals surface area contributed by atoms with E-state index in [4.69, 9.17) is 4.74 Å². The average Bonchev–Trinajstić information content (AvgIpc) is 3.37. The number of hydrogen-bond donors (Lipinski definition) is 2. The molecule has 3 heterocycles. The van der Waals surface area contributed by atoms with Gasteiger partial charge in [-0.3, -0.25) is 4.57 Å². The number of ether oxygens (including phenoxy) is 1. The number of amides is 1. The van der Waals surface area contributed by atoms with Crippen LogP contribution in [0.4, 0.5) is 23.7 Å². The second-order valence-electron chi connectivity index (χ2n) is 7.66. The van der Waals surface area contributed by atoms with Crippen LogP contribution in [0.1, 0.15) is 29.8 Å². The van der Waals surface area contributed by atoms with Crippen molar-refractivity contribution in [2.45, 2.75) is 25.7 Å². The van der Waals surface area contributed by atoms with E-state index in [1.165, 1.54) is 23.0 Å². The largest absolute Gasteiger partial charge is 0.439 e. The van der Waals surface area contributed by atoms with Crippen molar-refractivity contribution in [3.63, 3.8) is 0 Å². The molecule has 0 radical (unpaired) electrons. The Balaban J connectivity index is 1.38. The number of carbonyl (C=O) groups excluding carboxylic acids is 1. The minimum absolute atomic E-state index is 0.0528. The molecule has 1 amide bonds. The Labute approximate surface area is 186 Å². The third kappa shape index (κ3) is 4.00. The van der Waals surface area contributed by atoms with Gasteiger partial charge in [-0.15, -0.1) is 0 Å². The maximum absolute atomic E-state index is 12.9. The third-order valence-corrected chi connectivity index (χ3v) is 5.47. The van der Waals surface area contributed by atoms with E-state index < -0.39 is 17.8 Å². The van der Waals surface area contributed by atoms with Crippen LogP contribution in [-0.4, -0.2) is 20.6 Å². The Morgan fingerprint density at radius 1 is 1.18 bits per heavy atom. The van der Waals surface area contributed by atoms with Gasteiger partial charge in [0, 0.05) is 29.9 Å². The van der Waals surface area contributed by atoms with Gasteiger partial charge < -0.3 is 15.4 Å². The summed E-state index contributed by atoms with van der Waals surface area (Å²) in [4.78, 5) is 21.2. The number of benzene rings is 2. The molecule has 33 heavy (non-hydrogen) atoms. The molecule has 7 nitrogen and oxygen atoms in total. The van der Waals surface area contributed by atoms with Gasteiger partial charge in [0.05, 0.1) is 22.3 Å². The highest BCUT2D eigenvalue weighted by Gasteiger charge is 2.30. The van der Waals surface area contributed by atoms with Crippen molar-refractivity contribution in [2.75, 3.05) is 5.32 Å². The predicted octanol–water partition coefficient (Wildman–Crippen LogP) is 5.49. The SMILES string of the molecule is C[C@H]1NCc2ncnc(Oc3ccc4c(ccn4C(=O)Nc4cccc(C(F)(F)F)c4)c3)c21. The maximum atomic E-state index is 12.9. The van der Waals surface area contributed by atoms with Crippen LogP contribution in [-0.2, 0) is 12.7 Å². The molecule has 1 aliphatic heterocycles. The average molecular weight is 453 g/mol. The molecular formula is C23H18F3N5O2. The van der Waals surface area contributed by atoms with Crippen LogP contribution in [0.15, 0.2) is 61.1 Å². The standard InChI is InChI=1S/C23H18F3N5O2/c1-13-20-18(11-27-13)28-12-29-21(20)33-17-5-6-19-14(9-17)7-8-31(19)22(32)30-16-4-2-3-15(10-16)23(24,25)26/h2-10,12-13,27H,11H2,1H3,(H,30,32)/t13-/m1/s1. The predicted molar refractivity (Wildman–Crippen MR) is 115 cm³/mol. The molecule has 0 spiro atoms. The first-order chi connectivity index (χ1) is 15.8. The lowest BCUT2D eigenvalue weighted by atomic mass is 10.1. The Morgan fingerprint density at radius 2 is 2.03 bits per heavy atom. The zero-order valence-corrected chi connectivity index (χ0v) is 17.3. The molecule has 168 valence electrons. The van der Waals surface area contributed by atoms with E-state index in [-0.39, 0.29) is 11.7 Å². The van der Waals surface area contributed by atoms with Gasteiger partial charge in [-0.1, -0.05) is 6.07 Å². The van der Waals surface area contributed by atoms with Gasteiger partial charge >= 0.3 is 12.2 Å². The Morgan fingerprint density at radius 3 is 2.85 bits per heavy atom. The molecule has 1 aliphatic rings. The number of aromatic nitrogens is 3. The first-order valence-corrected chi connectivity index (χ1v) is 10.1. The molecule has 10 heteroatoms. The number of alkyl halides is 3. The van der Waals surface area contributed by atoms with E-state index in [9.17, 15) is 18.0 Å². The highest BCUT2D eigenvalue weighted by atomic mass is 19.4. The fourth-order valence-corrected chi connectivity index (χ4v) is 3.85. The number of rotatable bonds is 3. The van der Waals surface area contributed by atoms with Crippen molar-refractivity contribution in [2.24, 2.45) is 0 Å². The smallest absolute Gasteiger partial charge is 0.416 e. The molecule has 2 aromatic heterocycles. The summed E-state index contributed by atoms with van der Waals surface area (Å²) in [6, 6.07) is 10.9. The number of carbonyl (C=O) groups is 1. The van der Waals surface area contributed by atoms with Crippen molar-refractivity contribution in [1.29, 1.82) is 0 Å². The van der Waals surface area contributed by atoms with Crippen LogP contribution >= 0.6 is 0 Å². The van der Waals surface area contributed by atoms with Crippen LogP contribution in [0, 0.1) is 0 Å². The van der Waals surface area contributed by atoms with E-state index in [0.717, 1.165) is 28.8 Å². The fraction of sp³-hybridized carbons (Fsp3) is 0.174. The van der Waals surface area contributed by atoms with Gasteiger partial charge in [0.25, 0.3) is 0 Å². The number of anilines is 1. The second-order valence-corrected chi connectivity index (χ2v) is 7.66. The number of halogens is 3. The summed E-state index contributed by atoms with van der Waals surface area (Å²) in [5.74, 6) is 1.01. The molecule has 1 atom stereocenters.